The molecule has 20 heavy (non-hydrogen) atoms. The first kappa shape index (κ1) is 15.4. The van der Waals surface area contributed by atoms with Crippen molar-refractivity contribution in [1.29, 1.82) is 0 Å². The van der Waals surface area contributed by atoms with Crippen LogP contribution in [0.25, 0.3) is 0 Å². The molecule has 1 fully saturated rings. The Morgan fingerprint density at radius 2 is 2.30 bits per heavy atom. The van der Waals surface area contributed by atoms with Gasteiger partial charge in [0.05, 0.1) is 6.61 Å². The van der Waals surface area contributed by atoms with Crippen molar-refractivity contribution in [2.45, 2.75) is 26.3 Å². The zero-order valence-corrected chi connectivity index (χ0v) is 13.2. The van der Waals surface area contributed by atoms with E-state index in [9.17, 15) is 0 Å². The number of aryl methyl sites for hydroxylation is 1. The molecule has 3 nitrogen and oxygen atoms in total. The first-order chi connectivity index (χ1) is 9.60. The van der Waals surface area contributed by atoms with E-state index in [0.29, 0.717) is 10.9 Å². The first-order valence-electron chi connectivity index (χ1n) is 7.20. The fourth-order valence-corrected chi connectivity index (χ4v) is 3.06. The number of ether oxygens (including phenoxy) is 1. The van der Waals surface area contributed by atoms with Crippen molar-refractivity contribution in [2.24, 2.45) is 11.7 Å². The minimum Gasteiger partial charge on any atom is -0.389 e. The van der Waals surface area contributed by atoms with Crippen molar-refractivity contribution >= 4 is 17.2 Å². The number of hydrogen-bond acceptors (Lipinski definition) is 3. The van der Waals surface area contributed by atoms with Gasteiger partial charge < -0.3 is 10.5 Å². The summed E-state index contributed by atoms with van der Waals surface area (Å²) in [5.74, 6) is 0.671. The third kappa shape index (κ3) is 4.01. The molecule has 0 bridgehead atoms. The van der Waals surface area contributed by atoms with Gasteiger partial charge in [-0.05, 0) is 49.4 Å². The van der Waals surface area contributed by atoms with Crippen LogP contribution in [0.1, 0.15) is 29.5 Å². The summed E-state index contributed by atoms with van der Waals surface area (Å²) in [4.78, 5) is 2.99. The van der Waals surface area contributed by atoms with E-state index in [-0.39, 0.29) is 0 Å². The van der Waals surface area contributed by atoms with Gasteiger partial charge in [-0.3, -0.25) is 4.90 Å². The first-order valence-corrected chi connectivity index (χ1v) is 7.61. The maximum atomic E-state index is 5.68. The van der Waals surface area contributed by atoms with E-state index in [2.05, 4.69) is 24.0 Å². The van der Waals surface area contributed by atoms with Gasteiger partial charge in [-0.2, -0.15) is 0 Å². The molecule has 1 unspecified atom stereocenters. The molecule has 1 saturated heterocycles. The Hall–Kier alpha value is -0.970. The predicted molar refractivity (Wildman–Crippen MR) is 86.9 cm³/mol. The van der Waals surface area contributed by atoms with Crippen molar-refractivity contribution in [3.8, 4) is 0 Å². The highest BCUT2D eigenvalue weighted by molar-refractivity contribution is 7.80. The molecular formula is C16H24N2OS. The standard InChI is InChI=1S/C16H24N2OS/c1-12-8-14(16(17)20)5-6-15(12)10-18-7-3-4-13(9-18)11-19-2/h5-6,8,13H,3-4,7,9-11H2,1-2H3,(H2,17,20). The predicted octanol–water partition coefficient (Wildman–Crippen LogP) is 2.49. The van der Waals surface area contributed by atoms with Gasteiger partial charge in [0.25, 0.3) is 0 Å². The van der Waals surface area contributed by atoms with Gasteiger partial charge in [0.15, 0.2) is 0 Å². The van der Waals surface area contributed by atoms with Gasteiger partial charge in [-0.1, -0.05) is 24.4 Å². The molecule has 0 radical (unpaired) electrons. The highest BCUT2D eigenvalue weighted by Gasteiger charge is 2.20. The molecule has 1 aliphatic rings. The summed E-state index contributed by atoms with van der Waals surface area (Å²) in [5.41, 5.74) is 9.26. The minimum absolute atomic E-state index is 0.470. The summed E-state index contributed by atoms with van der Waals surface area (Å²) >= 11 is 5.02. The second-order valence-corrected chi connectivity index (χ2v) is 6.14. The van der Waals surface area contributed by atoms with Crippen LogP contribution < -0.4 is 5.73 Å². The van der Waals surface area contributed by atoms with E-state index in [1.807, 2.05) is 6.07 Å². The Kier molecular flexibility index (Phi) is 5.52. The third-order valence-corrected chi connectivity index (χ3v) is 4.26. The van der Waals surface area contributed by atoms with Gasteiger partial charge in [0, 0.05) is 25.8 Å². The number of nitrogens with two attached hydrogens (primary N) is 1. The average molecular weight is 292 g/mol. The number of likely N-dealkylation sites (tertiary alicyclic amines) is 1. The monoisotopic (exact) mass is 292 g/mol. The summed E-state index contributed by atoms with van der Waals surface area (Å²) in [6, 6.07) is 6.28. The van der Waals surface area contributed by atoms with Crippen molar-refractivity contribution in [3.05, 3.63) is 34.9 Å². The largest absolute Gasteiger partial charge is 0.389 e. The molecule has 0 spiro atoms. The van der Waals surface area contributed by atoms with Gasteiger partial charge in [-0.25, -0.2) is 0 Å². The van der Waals surface area contributed by atoms with Crippen molar-refractivity contribution in [1.82, 2.24) is 4.90 Å². The average Bonchev–Trinajstić information content (AvgIpc) is 2.42. The van der Waals surface area contributed by atoms with Gasteiger partial charge in [0.2, 0.25) is 0 Å². The maximum absolute atomic E-state index is 5.68. The smallest absolute Gasteiger partial charge is 0.103 e. The van der Waals surface area contributed by atoms with E-state index in [4.69, 9.17) is 22.7 Å². The number of piperidine rings is 1. The van der Waals surface area contributed by atoms with Crippen LogP contribution in [-0.2, 0) is 11.3 Å². The molecule has 1 aromatic carbocycles. The molecular weight excluding hydrogens is 268 g/mol. The van der Waals surface area contributed by atoms with Gasteiger partial charge in [-0.15, -0.1) is 0 Å². The minimum atomic E-state index is 0.470. The fraction of sp³-hybridized carbons (Fsp3) is 0.562. The molecule has 0 amide bonds. The Labute approximate surface area is 127 Å². The molecule has 1 heterocycles. The molecule has 1 aromatic rings. The number of rotatable bonds is 5. The molecule has 0 aromatic heterocycles. The van der Waals surface area contributed by atoms with Crippen LogP contribution in [0.15, 0.2) is 18.2 Å². The number of nitrogens with zero attached hydrogens (tertiary/aromatic N) is 1. The van der Waals surface area contributed by atoms with Crippen LogP contribution in [-0.4, -0.2) is 36.7 Å². The van der Waals surface area contributed by atoms with E-state index in [1.165, 1.54) is 30.5 Å². The lowest BCUT2D eigenvalue weighted by molar-refractivity contribution is 0.0873. The summed E-state index contributed by atoms with van der Waals surface area (Å²) in [6.07, 6.45) is 2.54. The van der Waals surface area contributed by atoms with E-state index >= 15 is 0 Å². The van der Waals surface area contributed by atoms with E-state index < -0.39 is 0 Å². The maximum Gasteiger partial charge on any atom is 0.103 e. The van der Waals surface area contributed by atoms with E-state index in [1.54, 1.807) is 7.11 Å². The quantitative estimate of drug-likeness (QED) is 0.846. The molecule has 2 N–H and O–H groups in total. The van der Waals surface area contributed by atoms with Crippen LogP contribution in [0, 0.1) is 12.8 Å². The van der Waals surface area contributed by atoms with Crippen molar-refractivity contribution < 1.29 is 4.74 Å². The number of methoxy groups -OCH3 is 1. The van der Waals surface area contributed by atoms with Crippen molar-refractivity contribution in [2.75, 3.05) is 26.8 Å². The lowest BCUT2D eigenvalue weighted by atomic mass is 9.97. The topological polar surface area (TPSA) is 38.5 Å². The number of hydrogen-bond donors (Lipinski definition) is 1. The van der Waals surface area contributed by atoms with Gasteiger partial charge >= 0.3 is 0 Å². The Balaban J connectivity index is 2.00. The molecule has 0 saturated carbocycles. The number of thiocarbonyl (C=S) groups is 1. The van der Waals surface area contributed by atoms with Crippen LogP contribution in [0.4, 0.5) is 0 Å². The zero-order valence-electron chi connectivity index (χ0n) is 12.4. The second-order valence-electron chi connectivity index (χ2n) is 5.70. The Morgan fingerprint density at radius 1 is 1.50 bits per heavy atom. The number of benzene rings is 1. The second kappa shape index (κ2) is 7.16. The zero-order chi connectivity index (χ0) is 14.5. The third-order valence-electron chi connectivity index (χ3n) is 4.03. The lowest BCUT2D eigenvalue weighted by Gasteiger charge is -2.32. The van der Waals surface area contributed by atoms with E-state index in [0.717, 1.165) is 25.3 Å². The van der Waals surface area contributed by atoms with Crippen molar-refractivity contribution in [3.63, 3.8) is 0 Å². The van der Waals surface area contributed by atoms with Crippen LogP contribution in [0.3, 0.4) is 0 Å². The van der Waals surface area contributed by atoms with Crippen LogP contribution in [0.5, 0.6) is 0 Å². The summed E-state index contributed by atoms with van der Waals surface area (Å²) in [7, 11) is 1.79. The molecule has 2 rings (SSSR count). The summed E-state index contributed by atoms with van der Waals surface area (Å²) < 4.78 is 5.29. The molecule has 1 atom stereocenters. The summed E-state index contributed by atoms with van der Waals surface area (Å²) in [5, 5.41) is 0. The molecule has 110 valence electrons. The normalized spacial score (nSPS) is 20.0. The van der Waals surface area contributed by atoms with Crippen LogP contribution >= 0.6 is 12.2 Å². The molecule has 0 aliphatic carbocycles. The highest BCUT2D eigenvalue weighted by Crippen LogP contribution is 2.20. The molecule has 1 aliphatic heterocycles. The summed E-state index contributed by atoms with van der Waals surface area (Å²) in [6.45, 7) is 6.31. The Morgan fingerprint density at radius 3 is 2.95 bits per heavy atom. The SMILES string of the molecule is COCC1CCCN(Cc2ccc(C(N)=S)cc2C)C1. The fourth-order valence-electron chi connectivity index (χ4n) is 2.93. The highest BCUT2D eigenvalue weighted by atomic mass is 32.1. The molecule has 4 heteroatoms. The van der Waals surface area contributed by atoms with Gasteiger partial charge in [0.1, 0.15) is 4.99 Å². The van der Waals surface area contributed by atoms with Crippen LogP contribution in [0.2, 0.25) is 0 Å². The Bertz CT molecular complexity index is 474. The lowest BCUT2D eigenvalue weighted by Crippen LogP contribution is -2.36.